The van der Waals surface area contributed by atoms with Crippen LogP contribution in [0, 0.1) is 6.92 Å². The molecular formula is C24H20N2O2. The van der Waals surface area contributed by atoms with Crippen molar-refractivity contribution in [2.45, 2.75) is 6.92 Å². The Morgan fingerprint density at radius 1 is 0.893 bits per heavy atom. The summed E-state index contributed by atoms with van der Waals surface area (Å²) in [4.78, 5) is 18.1. The van der Waals surface area contributed by atoms with E-state index in [2.05, 4.69) is 13.0 Å². The summed E-state index contributed by atoms with van der Waals surface area (Å²) in [6.07, 6.45) is 3.86. The number of fused-ring (bicyclic) bond motifs is 1. The van der Waals surface area contributed by atoms with Gasteiger partial charge in [0, 0.05) is 0 Å². The normalized spacial score (nSPS) is 11.2. The first kappa shape index (κ1) is 17.7. The Labute approximate surface area is 163 Å². The van der Waals surface area contributed by atoms with Crippen molar-refractivity contribution in [3.8, 4) is 11.4 Å². The average molecular weight is 368 g/mol. The first-order valence-corrected chi connectivity index (χ1v) is 9.08. The molecule has 0 N–H and O–H groups in total. The lowest BCUT2D eigenvalue weighted by Gasteiger charge is -2.14. The van der Waals surface area contributed by atoms with Crippen LogP contribution in [0.15, 0.2) is 77.6 Å². The summed E-state index contributed by atoms with van der Waals surface area (Å²) in [6.45, 7) is 2.06. The lowest BCUT2D eigenvalue weighted by molar-refractivity contribution is 0.412. The Hall–Kier alpha value is -3.66. The molecule has 1 heterocycles. The summed E-state index contributed by atoms with van der Waals surface area (Å²) < 4.78 is 7.10. The minimum Gasteiger partial charge on any atom is -0.495 e. The van der Waals surface area contributed by atoms with Crippen molar-refractivity contribution in [1.82, 2.24) is 9.55 Å². The molecule has 4 aromatic rings. The average Bonchev–Trinajstić information content (AvgIpc) is 2.73. The van der Waals surface area contributed by atoms with Crippen molar-refractivity contribution < 1.29 is 4.74 Å². The standard InChI is InChI=1S/C24H20N2O2/c1-17-9-3-4-10-18(17)15-16-23-25-20-12-6-5-11-19(20)24(27)26(23)21-13-7-8-14-22(21)28-2/h3-16H,1-2H3. The number of benzene rings is 3. The molecule has 0 aliphatic carbocycles. The third kappa shape index (κ3) is 3.21. The van der Waals surface area contributed by atoms with E-state index in [9.17, 15) is 4.79 Å². The fraction of sp³-hybridized carbons (Fsp3) is 0.0833. The van der Waals surface area contributed by atoms with E-state index < -0.39 is 0 Å². The van der Waals surface area contributed by atoms with Crippen molar-refractivity contribution >= 4 is 23.1 Å². The number of ether oxygens (including phenoxy) is 1. The van der Waals surface area contributed by atoms with Crippen molar-refractivity contribution in [1.29, 1.82) is 0 Å². The van der Waals surface area contributed by atoms with Gasteiger partial charge in [-0.3, -0.25) is 9.36 Å². The highest BCUT2D eigenvalue weighted by Crippen LogP contribution is 2.24. The van der Waals surface area contributed by atoms with Gasteiger partial charge in [0.15, 0.2) is 0 Å². The van der Waals surface area contributed by atoms with Crippen LogP contribution in [-0.4, -0.2) is 16.7 Å². The van der Waals surface area contributed by atoms with Crippen molar-refractivity contribution in [2.75, 3.05) is 7.11 Å². The molecule has 0 aliphatic rings. The van der Waals surface area contributed by atoms with Crippen LogP contribution in [0.1, 0.15) is 17.0 Å². The Balaban J connectivity index is 1.99. The summed E-state index contributed by atoms with van der Waals surface area (Å²) >= 11 is 0. The van der Waals surface area contributed by atoms with Crippen molar-refractivity contribution in [3.63, 3.8) is 0 Å². The number of aromatic nitrogens is 2. The number of hydrogen-bond donors (Lipinski definition) is 0. The van der Waals surface area contributed by atoms with Crippen LogP contribution in [-0.2, 0) is 0 Å². The molecule has 4 nitrogen and oxygen atoms in total. The van der Waals surface area contributed by atoms with Crippen LogP contribution in [0.25, 0.3) is 28.7 Å². The maximum Gasteiger partial charge on any atom is 0.266 e. The highest BCUT2D eigenvalue weighted by molar-refractivity contribution is 5.80. The maximum atomic E-state index is 13.3. The summed E-state index contributed by atoms with van der Waals surface area (Å²) in [5, 5.41) is 0.571. The molecule has 138 valence electrons. The van der Waals surface area contributed by atoms with Gasteiger partial charge in [-0.1, -0.05) is 54.6 Å². The van der Waals surface area contributed by atoms with Crippen LogP contribution < -0.4 is 10.3 Å². The largest absolute Gasteiger partial charge is 0.495 e. The van der Waals surface area contributed by atoms with Gasteiger partial charge in [0.2, 0.25) is 0 Å². The SMILES string of the molecule is COc1ccccc1-n1c(C=Cc2ccccc2C)nc2ccccc2c1=O. The number of methoxy groups -OCH3 is 1. The number of nitrogens with zero attached hydrogens (tertiary/aromatic N) is 2. The summed E-state index contributed by atoms with van der Waals surface area (Å²) in [5.41, 5.74) is 3.45. The van der Waals surface area contributed by atoms with Gasteiger partial charge in [-0.2, -0.15) is 0 Å². The van der Waals surface area contributed by atoms with Crippen molar-refractivity contribution in [2.24, 2.45) is 0 Å². The third-order valence-corrected chi connectivity index (χ3v) is 4.73. The molecule has 0 bridgehead atoms. The molecule has 0 unspecified atom stereocenters. The molecule has 1 aromatic heterocycles. The third-order valence-electron chi connectivity index (χ3n) is 4.73. The van der Waals surface area contributed by atoms with Crippen LogP contribution in [0.4, 0.5) is 0 Å². The second kappa shape index (κ2) is 7.53. The molecule has 4 rings (SSSR count). The Morgan fingerprint density at radius 3 is 2.43 bits per heavy atom. The van der Waals surface area contributed by atoms with E-state index in [-0.39, 0.29) is 5.56 Å². The second-order valence-electron chi connectivity index (χ2n) is 6.49. The minimum atomic E-state index is -0.125. The molecule has 0 radical (unpaired) electrons. The predicted octanol–water partition coefficient (Wildman–Crippen LogP) is 4.87. The van der Waals surface area contributed by atoms with E-state index >= 15 is 0 Å². The van der Waals surface area contributed by atoms with Crippen molar-refractivity contribution in [3.05, 3.63) is 100 Å². The smallest absolute Gasteiger partial charge is 0.266 e. The van der Waals surface area contributed by atoms with Gasteiger partial charge in [-0.15, -0.1) is 0 Å². The van der Waals surface area contributed by atoms with E-state index in [1.165, 1.54) is 0 Å². The number of aryl methyl sites for hydroxylation is 1. The summed E-state index contributed by atoms with van der Waals surface area (Å²) in [5.74, 6) is 1.17. The van der Waals surface area contributed by atoms with Gasteiger partial charge < -0.3 is 4.74 Å². The molecule has 0 fully saturated rings. The zero-order valence-electron chi connectivity index (χ0n) is 15.8. The van der Waals surface area contributed by atoms with Crippen LogP contribution in [0.5, 0.6) is 5.75 Å². The molecule has 0 aliphatic heterocycles. The van der Waals surface area contributed by atoms with Gasteiger partial charge in [-0.05, 0) is 48.4 Å². The van der Waals surface area contributed by atoms with E-state index in [0.29, 0.717) is 28.2 Å². The molecular weight excluding hydrogens is 348 g/mol. The van der Waals surface area contributed by atoms with Gasteiger partial charge in [0.25, 0.3) is 5.56 Å². The monoisotopic (exact) mass is 368 g/mol. The van der Waals surface area contributed by atoms with Gasteiger partial charge in [-0.25, -0.2) is 4.98 Å². The van der Waals surface area contributed by atoms with E-state index in [0.717, 1.165) is 11.1 Å². The van der Waals surface area contributed by atoms with Crippen LogP contribution in [0.3, 0.4) is 0 Å². The Bertz CT molecular complexity index is 1240. The maximum absolute atomic E-state index is 13.3. The van der Waals surface area contributed by atoms with E-state index in [1.807, 2.05) is 72.8 Å². The lowest BCUT2D eigenvalue weighted by atomic mass is 10.1. The predicted molar refractivity (Wildman–Crippen MR) is 114 cm³/mol. The molecule has 3 aromatic carbocycles. The Morgan fingerprint density at radius 2 is 1.61 bits per heavy atom. The molecule has 4 heteroatoms. The fourth-order valence-corrected chi connectivity index (χ4v) is 3.25. The first-order chi connectivity index (χ1) is 13.7. The summed E-state index contributed by atoms with van der Waals surface area (Å²) in [6, 6.07) is 22.9. The van der Waals surface area contributed by atoms with Crippen LogP contribution >= 0.6 is 0 Å². The van der Waals surface area contributed by atoms with Crippen LogP contribution in [0.2, 0.25) is 0 Å². The zero-order valence-corrected chi connectivity index (χ0v) is 15.8. The van der Waals surface area contributed by atoms with Gasteiger partial charge >= 0.3 is 0 Å². The molecule has 0 atom stereocenters. The minimum absolute atomic E-state index is 0.125. The highest BCUT2D eigenvalue weighted by atomic mass is 16.5. The van der Waals surface area contributed by atoms with E-state index in [1.54, 1.807) is 17.7 Å². The molecule has 28 heavy (non-hydrogen) atoms. The number of hydrogen-bond acceptors (Lipinski definition) is 3. The quantitative estimate of drug-likeness (QED) is 0.516. The second-order valence-corrected chi connectivity index (χ2v) is 6.49. The zero-order chi connectivity index (χ0) is 19.5. The van der Waals surface area contributed by atoms with Gasteiger partial charge in [0.05, 0.1) is 23.7 Å². The first-order valence-electron chi connectivity index (χ1n) is 9.08. The molecule has 0 amide bonds. The Kier molecular flexibility index (Phi) is 4.77. The van der Waals surface area contributed by atoms with Gasteiger partial charge in [0.1, 0.15) is 11.6 Å². The lowest BCUT2D eigenvalue weighted by Crippen LogP contribution is -2.22. The molecule has 0 spiro atoms. The number of rotatable bonds is 4. The highest BCUT2D eigenvalue weighted by Gasteiger charge is 2.14. The van der Waals surface area contributed by atoms with E-state index in [4.69, 9.17) is 9.72 Å². The fourth-order valence-electron chi connectivity index (χ4n) is 3.25. The number of para-hydroxylation sites is 3. The molecule has 0 saturated heterocycles. The molecule has 0 saturated carbocycles. The topological polar surface area (TPSA) is 44.1 Å². The summed E-state index contributed by atoms with van der Waals surface area (Å²) in [7, 11) is 1.60.